The van der Waals surface area contributed by atoms with Crippen LogP contribution in [0.2, 0.25) is 0 Å². The van der Waals surface area contributed by atoms with E-state index in [0.29, 0.717) is 5.16 Å². The van der Waals surface area contributed by atoms with Gasteiger partial charge in [-0.3, -0.25) is 0 Å². The molecule has 0 saturated heterocycles. The van der Waals surface area contributed by atoms with Gasteiger partial charge in [0, 0.05) is 24.5 Å². The van der Waals surface area contributed by atoms with Gasteiger partial charge < -0.3 is 5.32 Å². The second-order valence-corrected chi connectivity index (χ2v) is 4.74. The van der Waals surface area contributed by atoms with E-state index in [2.05, 4.69) is 32.2 Å². The molecule has 0 saturated carbocycles. The Morgan fingerprint density at radius 1 is 1.28 bits per heavy atom. The molecule has 0 aliphatic rings. The molecular formula is C12H15N5S. The largest absolute Gasteiger partial charge is 0.370 e. The van der Waals surface area contributed by atoms with Crippen LogP contribution in [0.5, 0.6) is 0 Å². The highest BCUT2D eigenvalue weighted by Crippen LogP contribution is 2.23. The quantitative estimate of drug-likeness (QED) is 0.659. The molecule has 5 nitrogen and oxygen atoms in total. The number of nitrogens with zero attached hydrogens (tertiary/aromatic N) is 4. The third-order valence-corrected chi connectivity index (χ3v) is 2.98. The van der Waals surface area contributed by atoms with Gasteiger partial charge in [-0.25, -0.2) is 19.9 Å². The molecule has 2 aromatic heterocycles. The van der Waals surface area contributed by atoms with E-state index in [-0.39, 0.29) is 0 Å². The fourth-order valence-electron chi connectivity index (χ4n) is 1.31. The first-order valence-corrected chi connectivity index (χ1v) is 6.63. The highest BCUT2D eigenvalue weighted by atomic mass is 32.2. The van der Waals surface area contributed by atoms with Crippen LogP contribution in [0.3, 0.4) is 0 Å². The molecule has 0 unspecified atom stereocenters. The van der Waals surface area contributed by atoms with Crippen LogP contribution in [0.4, 0.5) is 5.82 Å². The van der Waals surface area contributed by atoms with Crippen molar-refractivity contribution >= 4 is 17.6 Å². The van der Waals surface area contributed by atoms with Crippen LogP contribution < -0.4 is 5.32 Å². The number of aromatic nitrogens is 4. The van der Waals surface area contributed by atoms with Crippen LogP contribution in [0, 0.1) is 6.92 Å². The standard InChI is InChI=1S/C12H15N5S/c1-3-5-13-10-7-11(16-8-15-10)18-12-14-6-4-9(2)17-12/h4,6-8H,3,5H2,1-2H3,(H,13,15,16). The summed E-state index contributed by atoms with van der Waals surface area (Å²) in [4.78, 5) is 16.9. The number of anilines is 1. The minimum absolute atomic E-state index is 0.704. The third-order valence-electron chi connectivity index (χ3n) is 2.17. The summed E-state index contributed by atoms with van der Waals surface area (Å²) in [5.41, 5.74) is 0.950. The topological polar surface area (TPSA) is 63.6 Å². The van der Waals surface area contributed by atoms with Gasteiger partial charge in [-0.05, 0) is 31.2 Å². The zero-order valence-corrected chi connectivity index (χ0v) is 11.2. The SMILES string of the molecule is CCCNc1cc(Sc2nccc(C)n2)ncn1. The van der Waals surface area contributed by atoms with Crippen molar-refractivity contribution in [3.8, 4) is 0 Å². The molecule has 0 aliphatic heterocycles. The monoisotopic (exact) mass is 261 g/mol. The van der Waals surface area contributed by atoms with Gasteiger partial charge in [0.25, 0.3) is 0 Å². The molecule has 1 N–H and O–H groups in total. The van der Waals surface area contributed by atoms with Crippen LogP contribution in [0.25, 0.3) is 0 Å². The van der Waals surface area contributed by atoms with E-state index in [9.17, 15) is 0 Å². The maximum absolute atomic E-state index is 4.33. The summed E-state index contributed by atoms with van der Waals surface area (Å²) in [5.74, 6) is 0.835. The average molecular weight is 261 g/mol. The summed E-state index contributed by atoms with van der Waals surface area (Å²) in [5, 5.41) is 4.77. The Labute approximate surface area is 110 Å². The van der Waals surface area contributed by atoms with E-state index < -0.39 is 0 Å². The summed E-state index contributed by atoms with van der Waals surface area (Å²) in [7, 11) is 0. The Bertz CT molecular complexity index is 517. The molecule has 2 aromatic rings. The van der Waals surface area contributed by atoms with Gasteiger partial charge in [0.05, 0.1) is 0 Å². The van der Waals surface area contributed by atoms with E-state index in [1.165, 1.54) is 11.8 Å². The number of hydrogen-bond donors (Lipinski definition) is 1. The lowest BCUT2D eigenvalue weighted by Gasteiger charge is -2.04. The molecule has 0 spiro atoms. The summed E-state index contributed by atoms with van der Waals surface area (Å²) in [6.07, 6.45) is 4.37. The lowest BCUT2D eigenvalue weighted by molar-refractivity contribution is 0.922. The number of rotatable bonds is 5. The van der Waals surface area contributed by atoms with E-state index in [0.717, 1.165) is 29.5 Å². The first-order chi connectivity index (χ1) is 8.78. The number of nitrogens with one attached hydrogen (secondary N) is 1. The average Bonchev–Trinajstić information content (AvgIpc) is 2.37. The van der Waals surface area contributed by atoms with Crippen molar-refractivity contribution in [2.75, 3.05) is 11.9 Å². The third kappa shape index (κ3) is 3.66. The van der Waals surface area contributed by atoms with Gasteiger partial charge in [-0.15, -0.1) is 0 Å². The molecule has 94 valence electrons. The number of hydrogen-bond acceptors (Lipinski definition) is 6. The summed E-state index contributed by atoms with van der Waals surface area (Å²) in [6.45, 7) is 4.96. The molecule has 2 heterocycles. The van der Waals surface area contributed by atoms with Crippen LogP contribution in [0.1, 0.15) is 19.0 Å². The molecule has 0 bridgehead atoms. The fraction of sp³-hybridized carbons (Fsp3) is 0.333. The number of aryl methyl sites for hydroxylation is 1. The summed E-state index contributed by atoms with van der Waals surface area (Å²) in [6, 6.07) is 3.78. The van der Waals surface area contributed by atoms with Crippen molar-refractivity contribution < 1.29 is 0 Å². The minimum atomic E-state index is 0.704. The Balaban J connectivity index is 2.09. The lowest BCUT2D eigenvalue weighted by atomic mass is 10.4. The van der Waals surface area contributed by atoms with Crippen molar-refractivity contribution in [2.24, 2.45) is 0 Å². The van der Waals surface area contributed by atoms with Gasteiger partial charge in [-0.2, -0.15) is 0 Å². The van der Waals surface area contributed by atoms with E-state index in [1.54, 1.807) is 12.5 Å². The molecule has 2 rings (SSSR count). The molecule has 18 heavy (non-hydrogen) atoms. The lowest BCUT2D eigenvalue weighted by Crippen LogP contribution is -2.02. The molecule has 6 heteroatoms. The van der Waals surface area contributed by atoms with E-state index in [4.69, 9.17) is 0 Å². The highest BCUT2D eigenvalue weighted by Gasteiger charge is 2.03. The van der Waals surface area contributed by atoms with Crippen LogP contribution in [0.15, 0.2) is 34.8 Å². The Morgan fingerprint density at radius 3 is 2.94 bits per heavy atom. The zero-order chi connectivity index (χ0) is 12.8. The molecule has 0 radical (unpaired) electrons. The van der Waals surface area contributed by atoms with Crippen LogP contribution in [-0.2, 0) is 0 Å². The minimum Gasteiger partial charge on any atom is -0.370 e. The Morgan fingerprint density at radius 2 is 2.17 bits per heavy atom. The molecule has 0 amide bonds. The van der Waals surface area contributed by atoms with Crippen molar-refractivity contribution in [3.05, 3.63) is 30.4 Å². The molecule has 0 fully saturated rings. The Hall–Kier alpha value is -1.69. The summed E-state index contributed by atoms with van der Waals surface area (Å²) < 4.78 is 0. The zero-order valence-electron chi connectivity index (χ0n) is 10.4. The molecule has 0 aliphatic carbocycles. The predicted octanol–water partition coefficient (Wildman–Crippen LogP) is 2.55. The van der Waals surface area contributed by atoms with E-state index >= 15 is 0 Å². The van der Waals surface area contributed by atoms with Crippen LogP contribution in [-0.4, -0.2) is 26.5 Å². The maximum Gasteiger partial charge on any atom is 0.194 e. The first kappa shape index (κ1) is 12.8. The van der Waals surface area contributed by atoms with Crippen molar-refractivity contribution in [1.29, 1.82) is 0 Å². The highest BCUT2D eigenvalue weighted by molar-refractivity contribution is 7.99. The van der Waals surface area contributed by atoms with E-state index in [1.807, 2.05) is 19.1 Å². The van der Waals surface area contributed by atoms with Crippen molar-refractivity contribution in [1.82, 2.24) is 19.9 Å². The second kappa shape index (κ2) is 6.30. The van der Waals surface area contributed by atoms with Gasteiger partial charge in [0.15, 0.2) is 5.16 Å². The smallest absolute Gasteiger partial charge is 0.194 e. The van der Waals surface area contributed by atoms with Gasteiger partial charge in [0.2, 0.25) is 0 Å². The normalized spacial score (nSPS) is 10.3. The molecular weight excluding hydrogens is 246 g/mol. The predicted molar refractivity (Wildman–Crippen MR) is 71.7 cm³/mol. The van der Waals surface area contributed by atoms with Gasteiger partial charge in [0.1, 0.15) is 17.2 Å². The first-order valence-electron chi connectivity index (χ1n) is 5.81. The van der Waals surface area contributed by atoms with Gasteiger partial charge in [-0.1, -0.05) is 6.92 Å². The van der Waals surface area contributed by atoms with Crippen molar-refractivity contribution in [2.45, 2.75) is 30.5 Å². The Kier molecular flexibility index (Phi) is 4.46. The molecule has 0 atom stereocenters. The second-order valence-electron chi connectivity index (χ2n) is 3.75. The fourth-order valence-corrected chi connectivity index (χ4v) is 2.07. The van der Waals surface area contributed by atoms with Crippen LogP contribution >= 0.6 is 11.8 Å². The maximum atomic E-state index is 4.33. The van der Waals surface area contributed by atoms with Gasteiger partial charge >= 0.3 is 0 Å². The van der Waals surface area contributed by atoms with Crippen molar-refractivity contribution in [3.63, 3.8) is 0 Å². The summed E-state index contributed by atoms with van der Waals surface area (Å²) >= 11 is 1.44. The molecule has 0 aromatic carbocycles.